The first-order valence-corrected chi connectivity index (χ1v) is 7.76. The van der Waals surface area contributed by atoms with E-state index in [1.54, 1.807) is 12.0 Å². The minimum Gasteiger partial charge on any atom is -0.481 e. The molecule has 1 aliphatic heterocycles. The Bertz CT molecular complexity index is 401. The van der Waals surface area contributed by atoms with E-state index in [9.17, 15) is 9.59 Å². The Hall–Kier alpha value is -1.30. The maximum Gasteiger partial charge on any atom is 0.317 e. The van der Waals surface area contributed by atoms with Crippen LogP contribution >= 0.6 is 0 Å². The number of nitrogens with one attached hydrogen (secondary N) is 1. The minimum absolute atomic E-state index is 0.0602. The second-order valence-electron chi connectivity index (χ2n) is 6.50. The van der Waals surface area contributed by atoms with Crippen LogP contribution in [-0.4, -0.2) is 54.4 Å². The molecular formula is C15H26N2O4. The number of piperidine rings is 1. The van der Waals surface area contributed by atoms with E-state index in [2.05, 4.69) is 5.32 Å². The molecular weight excluding hydrogens is 272 g/mol. The molecule has 1 aliphatic carbocycles. The summed E-state index contributed by atoms with van der Waals surface area (Å²) in [6, 6.07) is -0.103. The topological polar surface area (TPSA) is 78.9 Å². The normalized spacial score (nSPS) is 33.0. The molecule has 3 atom stereocenters. The van der Waals surface area contributed by atoms with Crippen LogP contribution < -0.4 is 5.32 Å². The molecule has 3 unspecified atom stereocenters. The number of likely N-dealkylation sites (tertiary alicyclic amines) is 1. The molecule has 21 heavy (non-hydrogen) atoms. The molecule has 2 rings (SSSR count). The molecule has 0 aromatic carbocycles. The Labute approximate surface area is 125 Å². The highest BCUT2D eigenvalue weighted by molar-refractivity contribution is 5.75. The van der Waals surface area contributed by atoms with Gasteiger partial charge in [0.05, 0.1) is 18.1 Å². The van der Waals surface area contributed by atoms with Crippen LogP contribution in [0.1, 0.15) is 39.0 Å². The van der Waals surface area contributed by atoms with Crippen LogP contribution in [0.2, 0.25) is 0 Å². The lowest BCUT2D eigenvalue weighted by Gasteiger charge is -2.39. The summed E-state index contributed by atoms with van der Waals surface area (Å²) in [5.74, 6) is -0.988. The van der Waals surface area contributed by atoms with Crippen LogP contribution in [0.15, 0.2) is 0 Å². The molecule has 6 nitrogen and oxygen atoms in total. The maximum absolute atomic E-state index is 12.2. The molecule has 1 heterocycles. The number of aliphatic carboxylic acids is 1. The Morgan fingerprint density at radius 1 is 1.38 bits per heavy atom. The molecule has 0 aromatic rings. The van der Waals surface area contributed by atoms with Gasteiger partial charge in [-0.1, -0.05) is 6.42 Å². The average molecular weight is 298 g/mol. The van der Waals surface area contributed by atoms with E-state index in [1.807, 2.05) is 6.92 Å². The zero-order chi connectivity index (χ0) is 15.5. The lowest BCUT2D eigenvalue weighted by Crippen LogP contribution is -2.53. The summed E-state index contributed by atoms with van der Waals surface area (Å²) >= 11 is 0. The van der Waals surface area contributed by atoms with Crippen LogP contribution in [0.3, 0.4) is 0 Å². The fourth-order valence-corrected chi connectivity index (χ4v) is 3.48. The maximum atomic E-state index is 12.2. The van der Waals surface area contributed by atoms with Crippen molar-refractivity contribution in [3.8, 4) is 0 Å². The monoisotopic (exact) mass is 298 g/mol. The number of nitrogens with zero attached hydrogens (tertiary/aromatic N) is 1. The number of rotatable bonds is 4. The molecule has 0 spiro atoms. The van der Waals surface area contributed by atoms with Crippen molar-refractivity contribution in [1.82, 2.24) is 10.2 Å². The van der Waals surface area contributed by atoms with Crippen LogP contribution in [0.25, 0.3) is 0 Å². The summed E-state index contributed by atoms with van der Waals surface area (Å²) in [5, 5.41) is 12.1. The number of carbonyl (C=O) groups is 2. The predicted molar refractivity (Wildman–Crippen MR) is 78.1 cm³/mol. The number of amides is 2. The van der Waals surface area contributed by atoms with Gasteiger partial charge in [-0.2, -0.15) is 0 Å². The minimum atomic E-state index is -0.739. The van der Waals surface area contributed by atoms with Crippen molar-refractivity contribution < 1.29 is 19.4 Å². The highest BCUT2D eigenvalue weighted by Crippen LogP contribution is 2.31. The second kappa shape index (κ2) is 6.64. The van der Waals surface area contributed by atoms with Crippen molar-refractivity contribution in [2.75, 3.05) is 26.7 Å². The summed E-state index contributed by atoms with van der Waals surface area (Å²) < 4.78 is 5.49. The molecule has 0 aromatic heterocycles. The average Bonchev–Trinajstić information content (AvgIpc) is 2.93. The Kier molecular flexibility index (Phi) is 5.08. The number of ether oxygens (including phenoxy) is 1. The van der Waals surface area contributed by atoms with E-state index in [4.69, 9.17) is 9.84 Å². The highest BCUT2D eigenvalue weighted by atomic mass is 16.5. The molecule has 2 amide bonds. The van der Waals surface area contributed by atoms with Gasteiger partial charge >= 0.3 is 12.0 Å². The van der Waals surface area contributed by atoms with Gasteiger partial charge in [-0.15, -0.1) is 0 Å². The Morgan fingerprint density at radius 2 is 2.14 bits per heavy atom. The van der Waals surface area contributed by atoms with Crippen molar-refractivity contribution in [3.05, 3.63) is 0 Å². The SMILES string of the molecule is COC1(C)CCCN(C(=O)NCC2CCCC2C(=O)O)C1. The van der Waals surface area contributed by atoms with Gasteiger partial charge in [0.2, 0.25) is 0 Å². The second-order valence-corrected chi connectivity index (χ2v) is 6.50. The summed E-state index contributed by atoms with van der Waals surface area (Å²) in [6.07, 6.45) is 4.42. The molecule has 0 radical (unpaired) electrons. The smallest absolute Gasteiger partial charge is 0.317 e. The summed E-state index contributed by atoms with van der Waals surface area (Å²) in [4.78, 5) is 25.2. The summed E-state index contributed by atoms with van der Waals surface area (Å²) in [5.41, 5.74) is -0.271. The molecule has 6 heteroatoms. The number of carbonyl (C=O) groups excluding carboxylic acids is 1. The van der Waals surface area contributed by atoms with E-state index < -0.39 is 5.97 Å². The molecule has 2 N–H and O–H groups in total. The lowest BCUT2D eigenvalue weighted by atomic mass is 9.95. The zero-order valence-corrected chi connectivity index (χ0v) is 12.9. The van der Waals surface area contributed by atoms with E-state index >= 15 is 0 Å². The van der Waals surface area contributed by atoms with Crippen molar-refractivity contribution in [2.45, 2.75) is 44.6 Å². The number of carboxylic acid groups (broad SMARTS) is 1. The fourth-order valence-electron chi connectivity index (χ4n) is 3.48. The predicted octanol–water partition coefficient (Wildman–Crippen LogP) is 1.70. The van der Waals surface area contributed by atoms with Gasteiger partial charge in [0, 0.05) is 20.2 Å². The number of hydrogen-bond donors (Lipinski definition) is 2. The Morgan fingerprint density at radius 3 is 2.81 bits per heavy atom. The van der Waals surface area contributed by atoms with Crippen molar-refractivity contribution in [2.24, 2.45) is 11.8 Å². The standard InChI is InChI=1S/C15H26N2O4/c1-15(21-2)7-4-8-17(10-15)14(20)16-9-11-5-3-6-12(11)13(18)19/h11-12H,3-10H2,1-2H3,(H,16,20)(H,18,19). The molecule has 2 aliphatic rings. The third-order valence-electron chi connectivity index (χ3n) is 4.93. The summed E-state index contributed by atoms with van der Waals surface area (Å²) in [6.45, 7) is 3.79. The summed E-state index contributed by atoms with van der Waals surface area (Å²) in [7, 11) is 1.68. The molecule has 2 fully saturated rings. The third-order valence-corrected chi connectivity index (χ3v) is 4.93. The highest BCUT2D eigenvalue weighted by Gasteiger charge is 2.35. The zero-order valence-electron chi connectivity index (χ0n) is 12.9. The van der Waals surface area contributed by atoms with Gasteiger partial charge in [-0.05, 0) is 38.5 Å². The molecule has 120 valence electrons. The van der Waals surface area contributed by atoms with Crippen molar-refractivity contribution in [3.63, 3.8) is 0 Å². The first-order chi connectivity index (χ1) is 9.95. The third kappa shape index (κ3) is 3.87. The van der Waals surface area contributed by atoms with Crippen LogP contribution in [0.5, 0.6) is 0 Å². The van der Waals surface area contributed by atoms with Gasteiger partial charge in [0.25, 0.3) is 0 Å². The van der Waals surface area contributed by atoms with Gasteiger partial charge in [-0.3, -0.25) is 4.79 Å². The number of hydrogen-bond acceptors (Lipinski definition) is 3. The lowest BCUT2D eigenvalue weighted by molar-refractivity contribution is -0.142. The molecule has 0 bridgehead atoms. The molecule has 1 saturated carbocycles. The van der Waals surface area contributed by atoms with Gasteiger partial charge in [0.15, 0.2) is 0 Å². The van der Waals surface area contributed by atoms with Crippen LogP contribution in [0.4, 0.5) is 4.79 Å². The quantitative estimate of drug-likeness (QED) is 0.828. The first kappa shape index (κ1) is 16.1. The van der Waals surface area contributed by atoms with Gasteiger partial charge in [-0.25, -0.2) is 4.79 Å². The van der Waals surface area contributed by atoms with E-state index in [0.717, 1.165) is 38.6 Å². The number of carboxylic acids is 1. The van der Waals surface area contributed by atoms with E-state index in [-0.39, 0.29) is 23.5 Å². The Balaban J connectivity index is 1.83. The van der Waals surface area contributed by atoms with Gasteiger partial charge in [0.1, 0.15) is 0 Å². The molecule has 1 saturated heterocycles. The van der Waals surface area contributed by atoms with Crippen LogP contribution in [0, 0.1) is 11.8 Å². The first-order valence-electron chi connectivity index (χ1n) is 7.76. The van der Waals surface area contributed by atoms with E-state index in [1.165, 1.54) is 0 Å². The number of urea groups is 1. The van der Waals surface area contributed by atoms with Crippen LogP contribution in [-0.2, 0) is 9.53 Å². The van der Waals surface area contributed by atoms with Gasteiger partial charge < -0.3 is 20.1 Å². The fraction of sp³-hybridized carbons (Fsp3) is 0.867. The van der Waals surface area contributed by atoms with Crippen molar-refractivity contribution >= 4 is 12.0 Å². The number of methoxy groups -OCH3 is 1. The van der Waals surface area contributed by atoms with E-state index in [0.29, 0.717) is 13.1 Å². The largest absolute Gasteiger partial charge is 0.481 e. The van der Waals surface area contributed by atoms with Crippen molar-refractivity contribution in [1.29, 1.82) is 0 Å².